The van der Waals surface area contributed by atoms with Gasteiger partial charge in [0.1, 0.15) is 17.2 Å². The van der Waals surface area contributed by atoms with E-state index in [9.17, 15) is 35.1 Å². The lowest BCUT2D eigenvalue weighted by Crippen LogP contribution is -2.12. The molecule has 0 radical (unpaired) electrons. The second kappa shape index (κ2) is 5.26. The molecule has 0 saturated carbocycles. The minimum atomic E-state index is -5.28. The molecule has 0 N–H and O–H groups in total. The van der Waals surface area contributed by atoms with Gasteiger partial charge in [-0.1, -0.05) is 18.2 Å². The zero-order valence-electron chi connectivity index (χ0n) is 10.5. The molecule has 22 heavy (non-hydrogen) atoms. The summed E-state index contributed by atoms with van der Waals surface area (Å²) in [5.41, 5.74) is -4.58. The van der Waals surface area contributed by atoms with E-state index in [-0.39, 0.29) is 12.1 Å². The highest BCUT2D eigenvalue weighted by atomic mass is 19.4. The molecule has 0 amide bonds. The monoisotopic (exact) mass is 326 g/mol. The van der Waals surface area contributed by atoms with E-state index in [1.54, 1.807) is 0 Å². The predicted molar refractivity (Wildman–Crippen MR) is 61.8 cm³/mol. The number of halogens is 8. The van der Waals surface area contributed by atoms with E-state index >= 15 is 0 Å². The summed E-state index contributed by atoms with van der Waals surface area (Å²) >= 11 is 0. The van der Waals surface area contributed by atoms with Gasteiger partial charge in [0.25, 0.3) is 0 Å². The Bertz CT molecular complexity index is 674. The van der Waals surface area contributed by atoms with Crippen LogP contribution in [0.15, 0.2) is 36.4 Å². The SMILES string of the molecule is Fc1cc(-c2ccccc2C(F)(F)F)cc(F)c1C(F)(F)F. The average molecular weight is 326 g/mol. The second-order valence-corrected chi connectivity index (χ2v) is 4.36. The smallest absolute Gasteiger partial charge is 0.206 e. The van der Waals surface area contributed by atoms with Gasteiger partial charge in [0.15, 0.2) is 0 Å². The van der Waals surface area contributed by atoms with Crippen molar-refractivity contribution < 1.29 is 35.1 Å². The molecule has 0 heterocycles. The summed E-state index contributed by atoms with van der Waals surface area (Å²) in [7, 11) is 0. The van der Waals surface area contributed by atoms with Gasteiger partial charge in [-0.3, -0.25) is 0 Å². The first-order chi connectivity index (χ1) is 10.0. The van der Waals surface area contributed by atoms with Crippen molar-refractivity contribution in [1.29, 1.82) is 0 Å². The van der Waals surface area contributed by atoms with Crippen LogP contribution in [0.4, 0.5) is 35.1 Å². The van der Waals surface area contributed by atoms with Gasteiger partial charge in [0, 0.05) is 0 Å². The molecule has 2 aromatic carbocycles. The lowest BCUT2D eigenvalue weighted by Gasteiger charge is -2.15. The highest BCUT2D eigenvalue weighted by Gasteiger charge is 2.39. The first kappa shape index (κ1) is 16.3. The van der Waals surface area contributed by atoms with Gasteiger partial charge in [-0.2, -0.15) is 26.3 Å². The lowest BCUT2D eigenvalue weighted by atomic mass is 9.97. The van der Waals surface area contributed by atoms with Crippen LogP contribution in [0.2, 0.25) is 0 Å². The van der Waals surface area contributed by atoms with E-state index in [0.29, 0.717) is 6.07 Å². The summed E-state index contributed by atoms with van der Waals surface area (Å²) in [6.07, 6.45) is -10.1. The Morgan fingerprint density at radius 1 is 0.682 bits per heavy atom. The minimum absolute atomic E-state index is 0.233. The van der Waals surface area contributed by atoms with E-state index in [2.05, 4.69) is 0 Å². The molecule has 0 aliphatic heterocycles. The Morgan fingerprint density at radius 3 is 1.64 bits per heavy atom. The molecule has 2 aromatic rings. The molecule has 0 saturated heterocycles. The molecule has 0 spiro atoms. The van der Waals surface area contributed by atoms with Gasteiger partial charge in [0.05, 0.1) is 5.56 Å². The van der Waals surface area contributed by atoms with Gasteiger partial charge in [-0.25, -0.2) is 8.78 Å². The highest BCUT2D eigenvalue weighted by Crippen LogP contribution is 2.40. The molecule has 2 rings (SSSR count). The number of benzene rings is 2. The largest absolute Gasteiger partial charge is 0.422 e. The third kappa shape index (κ3) is 3.05. The van der Waals surface area contributed by atoms with E-state index < -0.39 is 46.2 Å². The molecule has 0 aliphatic rings. The topological polar surface area (TPSA) is 0 Å². The van der Waals surface area contributed by atoms with E-state index in [0.717, 1.165) is 12.1 Å². The van der Waals surface area contributed by atoms with Gasteiger partial charge in [-0.05, 0) is 29.3 Å². The summed E-state index contributed by atoms with van der Waals surface area (Å²) in [6.45, 7) is 0. The van der Waals surface area contributed by atoms with Crippen molar-refractivity contribution in [2.75, 3.05) is 0 Å². The molecule has 0 fully saturated rings. The molecular weight excluding hydrogens is 320 g/mol. The molecule has 0 aromatic heterocycles. The Labute approximate surface area is 119 Å². The van der Waals surface area contributed by atoms with Crippen LogP contribution in [0.5, 0.6) is 0 Å². The van der Waals surface area contributed by atoms with Crippen LogP contribution in [0.25, 0.3) is 11.1 Å². The summed E-state index contributed by atoms with van der Waals surface area (Å²) in [5.74, 6) is -3.95. The predicted octanol–water partition coefficient (Wildman–Crippen LogP) is 5.67. The van der Waals surface area contributed by atoms with E-state index in [1.807, 2.05) is 0 Å². The molecule has 118 valence electrons. The van der Waals surface area contributed by atoms with Gasteiger partial charge in [0.2, 0.25) is 0 Å². The van der Waals surface area contributed by atoms with Crippen molar-refractivity contribution in [3.63, 3.8) is 0 Å². The summed E-state index contributed by atoms with van der Waals surface area (Å²) < 4.78 is 103. The molecule has 0 nitrogen and oxygen atoms in total. The van der Waals surface area contributed by atoms with E-state index in [1.165, 1.54) is 6.07 Å². The maximum absolute atomic E-state index is 13.5. The molecule has 8 heteroatoms. The summed E-state index contributed by atoms with van der Waals surface area (Å²) in [5, 5.41) is 0. The fraction of sp³-hybridized carbons (Fsp3) is 0.143. The maximum Gasteiger partial charge on any atom is 0.422 e. The summed E-state index contributed by atoms with van der Waals surface area (Å²) in [4.78, 5) is 0. The molecule has 0 atom stereocenters. The van der Waals surface area contributed by atoms with Crippen LogP contribution in [0.1, 0.15) is 11.1 Å². The van der Waals surface area contributed by atoms with Crippen LogP contribution in [0, 0.1) is 11.6 Å². The van der Waals surface area contributed by atoms with Crippen LogP contribution in [-0.4, -0.2) is 0 Å². The lowest BCUT2D eigenvalue weighted by molar-refractivity contribution is -0.142. The number of hydrogen-bond donors (Lipinski definition) is 0. The Morgan fingerprint density at radius 2 is 1.18 bits per heavy atom. The van der Waals surface area contributed by atoms with Crippen molar-refractivity contribution >= 4 is 0 Å². The second-order valence-electron chi connectivity index (χ2n) is 4.36. The Balaban J connectivity index is 2.67. The quantitative estimate of drug-likeness (QED) is 0.592. The third-order valence-corrected chi connectivity index (χ3v) is 2.87. The van der Waals surface area contributed by atoms with Crippen LogP contribution in [-0.2, 0) is 12.4 Å². The van der Waals surface area contributed by atoms with Crippen molar-refractivity contribution in [3.05, 3.63) is 59.2 Å². The number of alkyl halides is 6. The van der Waals surface area contributed by atoms with Gasteiger partial charge < -0.3 is 0 Å². The van der Waals surface area contributed by atoms with Crippen molar-refractivity contribution in [3.8, 4) is 11.1 Å². The maximum atomic E-state index is 13.5. The summed E-state index contributed by atoms with van der Waals surface area (Å²) in [6, 6.07) is 4.29. The highest BCUT2D eigenvalue weighted by molar-refractivity contribution is 5.68. The van der Waals surface area contributed by atoms with Crippen LogP contribution >= 0.6 is 0 Å². The zero-order valence-corrected chi connectivity index (χ0v) is 10.5. The fourth-order valence-corrected chi connectivity index (χ4v) is 1.98. The first-order valence-electron chi connectivity index (χ1n) is 5.74. The third-order valence-electron chi connectivity index (χ3n) is 2.87. The standard InChI is InChI=1S/C14H6F8/c15-10-5-7(6-11(16)12(10)14(20,21)22)8-3-1-2-4-9(8)13(17,18)19/h1-6H. The first-order valence-corrected chi connectivity index (χ1v) is 5.74. The van der Waals surface area contributed by atoms with Crippen LogP contribution in [0.3, 0.4) is 0 Å². The van der Waals surface area contributed by atoms with Crippen molar-refractivity contribution in [1.82, 2.24) is 0 Å². The number of rotatable bonds is 1. The Kier molecular flexibility index (Phi) is 3.88. The normalized spacial score (nSPS) is 12.5. The van der Waals surface area contributed by atoms with Gasteiger partial charge in [-0.15, -0.1) is 0 Å². The average Bonchev–Trinajstić information content (AvgIpc) is 2.35. The molecule has 0 bridgehead atoms. The Hall–Kier alpha value is -2.12. The minimum Gasteiger partial charge on any atom is -0.206 e. The van der Waals surface area contributed by atoms with Crippen molar-refractivity contribution in [2.24, 2.45) is 0 Å². The fourth-order valence-electron chi connectivity index (χ4n) is 1.98. The van der Waals surface area contributed by atoms with Crippen molar-refractivity contribution in [2.45, 2.75) is 12.4 Å². The molecule has 0 unspecified atom stereocenters. The number of hydrogen-bond acceptors (Lipinski definition) is 0. The molecule has 0 aliphatic carbocycles. The zero-order chi connectivity index (χ0) is 16.7. The van der Waals surface area contributed by atoms with E-state index in [4.69, 9.17) is 0 Å². The van der Waals surface area contributed by atoms with Crippen LogP contribution < -0.4 is 0 Å². The molecular formula is C14H6F8. The van der Waals surface area contributed by atoms with Gasteiger partial charge >= 0.3 is 12.4 Å².